The predicted molar refractivity (Wildman–Crippen MR) is 110 cm³/mol. The minimum Gasteiger partial charge on any atom is -0.495 e. The summed E-state index contributed by atoms with van der Waals surface area (Å²) in [4.78, 5) is 17.1. The highest BCUT2D eigenvalue weighted by atomic mass is 16.5. The highest BCUT2D eigenvalue weighted by Gasteiger charge is 2.23. The van der Waals surface area contributed by atoms with Gasteiger partial charge in [0, 0.05) is 45.2 Å². The number of piperazine rings is 1. The van der Waals surface area contributed by atoms with Gasteiger partial charge >= 0.3 is 5.69 Å². The number of hydrogen-bond donors (Lipinski definition) is 1. The molecule has 152 valence electrons. The van der Waals surface area contributed by atoms with Crippen LogP contribution >= 0.6 is 0 Å². The van der Waals surface area contributed by atoms with Gasteiger partial charge in [-0.25, -0.2) is 9.89 Å². The molecule has 1 saturated carbocycles. The molecule has 7 nitrogen and oxygen atoms in total. The smallest absolute Gasteiger partial charge is 0.343 e. The number of aromatic amines is 1. The zero-order valence-electron chi connectivity index (χ0n) is 16.8. The first-order valence-corrected chi connectivity index (χ1v) is 10.5. The number of ether oxygens (including phenoxy) is 1. The topological polar surface area (TPSA) is 66.4 Å². The molecular weight excluding hydrogens is 354 g/mol. The van der Waals surface area contributed by atoms with Crippen molar-refractivity contribution in [3.05, 3.63) is 40.6 Å². The van der Waals surface area contributed by atoms with Crippen molar-refractivity contribution in [2.75, 3.05) is 44.7 Å². The Labute approximate surface area is 166 Å². The maximum Gasteiger partial charge on any atom is 0.343 e. The Hall–Kier alpha value is -2.28. The predicted octanol–water partition coefficient (Wildman–Crippen LogP) is 2.45. The third-order valence-electron chi connectivity index (χ3n) is 6.17. The van der Waals surface area contributed by atoms with Crippen LogP contribution in [0.15, 0.2) is 29.1 Å². The number of nitrogens with zero attached hydrogens (tertiary/aromatic N) is 4. The summed E-state index contributed by atoms with van der Waals surface area (Å²) in [6, 6.07) is 8.54. The molecule has 0 atom stereocenters. The van der Waals surface area contributed by atoms with E-state index < -0.39 is 0 Å². The highest BCUT2D eigenvalue weighted by molar-refractivity contribution is 5.58. The van der Waals surface area contributed by atoms with Crippen LogP contribution in [0.4, 0.5) is 5.69 Å². The molecule has 4 rings (SSSR count). The molecule has 1 saturated heterocycles. The van der Waals surface area contributed by atoms with Crippen LogP contribution in [0, 0.1) is 0 Å². The van der Waals surface area contributed by atoms with Crippen molar-refractivity contribution in [2.24, 2.45) is 0 Å². The molecule has 1 aliphatic carbocycles. The Kier molecular flexibility index (Phi) is 6.00. The van der Waals surface area contributed by atoms with Gasteiger partial charge in [-0.05, 0) is 25.0 Å². The number of anilines is 1. The number of para-hydroxylation sites is 2. The van der Waals surface area contributed by atoms with Gasteiger partial charge in [0.05, 0.1) is 12.8 Å². The molecule has 2 fully saturated rings. The molecule has 0 bridgehead atoms. The molecule has 2 aromatic rings. The van der Waals surface area contributed by atoms with Gasteiger partial charge in [0.2, 0.25) is 0 Å². The number of nitrogens with one attached hydrogen (secondary N) is 1. The zero-order chi connectivity index (χ0) is 19.3. The lowest BCUT2D eigenvalue weighted by Gasteiger charge is -2.36. The van der Waals surface area contributed by atoms with Gasteiger partial charge < -0.3 is 9.64 Å². The molecule has 2 heterocycles. The third kappa shape index (κ3) is 4.09. The second-order valence-electron chi connectivity index (χ2n) is 7.86. The van der Waals surface area contributed by atoms with E-state index in [4.69, 9.17) is 4.74 Å². The molecule has 1 N–H and O–H groups in total. The average molecular weight is 386 g/mol. The fraction of sp³-hybridized carbons (Fsp3) is 0.619. The number of H-pyrrole nitrogens is 1. The molecule has 0 amide bonds. The summed E-state index contributed by atoms with van der Waals surface area (Å²) < 4.78 is 7.44. The van der Waals surface area contributed by atoms with E-state index in [0.717, 1.165) is 63.6 Å². The first-order valence-electron chi connectivity index (χ1n) is 10.5. The van der Waals surface area contributed by atoms with E-state index in [1.54, 1.807) is 7.11 Å². The van der Waals surface area contributed by atoms with E-state index >= 15 is 0 Å². The quantitative estimate of drug-likeness (QED) is 0.827. The van der Waals surface area contributed by atoms with E-state index in [-0.39, 0.29) is 5.69 Å². The standard InChI is InChI=1S/C21H31N5O2/c1-28-19-10-6-5-9-18(19)25-15-13-24(14-16-25)12-11-20-22-23-21(27)26(20)17-7-3-2-4-8-17/h5-6,9-10,17H,2-4,7-8,11-16H2,1H3,(H,23,27). The van der Waals surface area contributed by atoms with Crippen molar-refractivity contribution < 1.29 is 4.74 Å². The first-order chi connectivity index (χ1) is 13.8. The van der Waals surface area contributed by atoms with Crippen LogP contribution in [0.5, 0.6) is 5.75 Å². The average Bonchev–Trinajstić information content (AvgIpc) is 3.13. The Balaban J connectivity index is 1.33. The van der Waals surface area contributed by atoms with Crippen LogP contribution in [-0.2, 0) is 6.42 Å². The molecule has 0 radical (unpaired) electrons. The van der Waals surface area contributed by atoms with Crippen molar-refractivity contribution in [1.29, 1.82) is 0 Å². The second-order valence-corrected chi connectivity index (χ2v) is 7.86. The van der Waals surface area contributed by atoms with Gasteiger partial charge in [0.25, 0.3) is 0 Å². The Morgan fingerprint density at radius 2 is 1.86 bits per heavy atom. The number of benzene rings is 1. The lowest BCUT2D eigenvalue weighted by molar-refractivity contribution is 0.255. The van der Waals surface area contributed by atoms with Gasteiger partial charge in [-0.1, -0.05) is 31.4 Å². The van der Waals surface area contributed by atoms with Gasteiger partial charge in [0.1, 0.15) is 11.6 Å². The van der Waals surface area contributed by atoms with Crippen molar-refractivity contribution in [3.63, 3.8) is 0 Å². The first kappa shape index (κ1) is 19.1. The van der Waals surface area contributed by atoms with Crippen LogP contribution in [0.25, 0.3) is 0 Å². The molecule has 1 aromatic heterocycles. The summed E-state index contributed by atoms with van der Waals surface area (Å²) >= 11 is 0. The van der Waals surface area contributed by atoms with Crippen molar-refractivity contribution in [2.45, 2.75) is 44.6 Å². The van der Waals surface area contributed by atoms with Crippen LogP contribution in [0.3, 0.4) is 0 Å². The van der Waals surface area contributed by atoms with Crippen LogP contribution in [-0.4, -0.2) is 59.5 Å². The molecule has 0 spiro atoms. The summed E-state index contributed by atoms with van der Waals surface area (Å²) in [7, 11) is 1.73. The van der Waals surface area contributed by atoms with Crippen LogP contribution in [0.2, 0.25) is 0 Å². The Bertz CT molecular complexity index is 816. The van der Waals surface area contributed by atoms with Gasteiger partial charge in [-0.2, -0.15) is 5.10 Å². The molecule has 0 unspecified atom stereocenters. The van der Waals surface area contributed by atoms with E-state index in [1.165, 1.54) is 24.9 Å². The summed E-state index contributed by atoms with van der Waals surface area (Å²) in [5.41, 5.74) is 1.13. The van der Waals surface area contributed by atoms with Gasteiger partial charge in [-0.3, -0.25) is 9.47 Å². The van der Waals surface area contributed by atoms with Crippen molar-refractivity contribution in [1.82, 2.24) is 19.7 Å². The largest absolute Gasteiger partial charge is 0.495 e. The maximum absolute atomic E-state index is 12.3. The van der Waals surface area contributed by atoms with E-state index in [0.29, 0.717) is 6.04 Å². The second kappa shape index (κ2) is 8.82. The van der Waals surface area contributed by atoms with E-state index in [1.807, 2.05) is 16.7 Å². The van der Waals surface area contributed by atoms with Crippen LogP contribution in [0.1, 0.15) is 44.0 Å². The lowest BCUT2D eigenvalue weighted by Crippen LogP contribution is -2.47. The summed E-state index contributed by atoms with van der Waals surface area (Å²) in [6.07, 6.45) is 6.74. The molecule has 7 heteroatoms. The molecule has 28 heavy (non-hydrogen) atoms. The maximum atomic E-state index is 12.3. The summed E-state index contributed by atoms with van der Waals surface area (Å²) in [5.74, 6) is 1.85. The number of hydrogen-bond acceptors (Lipinski definition) is 5. The van der Waals surface area contributed by atoms with Gasteiger partial charge in [0.15, 0.2) is 0 Å². The summed E-state index contributed by atoms with van der Waals surface area (Å²) in [5, 5.41) is 7.01. The molecule has 1 aliphatic heterocycles. The zero-order valence-corrected chi connectivity index (χ0v) is 16.8. The summed E-state index contributed by atoms with van der Waals surface area (Å²) in [6.45, 7) is 4.93. The number of aromatic nitrogens is 3. The third-order valence-corrected chi connectivity index (χ3v) is 6.17. The normalized spacial score (nSPS) is 19.1. The fourth-order valence-electron chi connectivity index (χ4n) is 4.59. The molecule has 1 aromatic carbocycles. The van der Waals surface area contributed by atoms with E-state index in [9.17, 15) is 4.79 Å². The minimum absolute atomic E-state index is 0.0390. The molecular formula is C21H31N5O2. The lowest BCUT2D eigenvalue weighted by atomic mass is 9.95. The highest BCUT2D eigenvalue weighted by Crippen LogP contribution is 2.29. The monoisotopic (exact) mass is 385 g/mol. The van der Waals surface area contributed by atoms with E-state index in [2.05, 4.69) is 32.1 Å². The fourth-order valence-corrected chi connectivity index (χ4v) is 4.59. The Morgan fingerprint density at radius 1 is 1.11 bits per heavy atom. The van der Waals surface area contributed by atoms with Gasteiger partial charge in [-0.15, -0.1) is 0 Å². The number of rotatable bonds is 6. The SMILES string of the molecule is COc1ccccc1N1CCN(CCc2n[nH]c(=O)n2C2CCCCC2)CC1. The Morgan fingerprint density at radius 3 is 2.61 bits per heavy atom. The number of methoxy groups -OCH3 is 1. The minimum atomic E-state index is -0.0390. The van der Waals surface area contributed by atoms with Crippen LogP contribution < -0.4 is 15.3 Å². The van der Waals surface area contributed by atoms with Crippen molar-refractivity contribution >= 4 is 5.69 Å². The van der Waals surface area contributed by atoms with Crippen molar-refractivity contribution in [3.8, 4) is 5.75 Å². The molecule has 2 aliphatic rings.